The van der Waals surface area contributed by atoms with E-state index >= 15 is 0 Å². The summed E-state index contributed by atoms with van der Waals surface area (Å²) in [6.07, 6.45) is -1.29. The van der Waals surface area contributed by atoms with Gasteiger partial charge in [-0.1, -0.05) is 0 Å². The van der Waals surface area contributed by atoms with Crippen LogP contribution in [-0.4, -0.2) is 61.1 Å². The van der Waals surface area contributed by atoms with Crippen molar-refractivity contribution in [1.29, 1.82) is 0 Å². The number of carbonyl (C=O) groups is 2. The van der Waals surface area contributed by atoms with Gasteiger partial charge in [0.2, 0.25) is 0 Å². The highest BCUT2D eigenvalue weighted by Crippen LogP contribution is 2.08. The summed E-state index contributed by atoms with van der Waals surface area (Å²) in [4.78, 5) is 22.9. The number of Topliss-reactive ketones (excluding diaryl/α,β-unsaturated/α-hetero) is 2. The Hall–Kier alpha value is -0.920. The van der Waals surface area contributed by atoms with E-state index in [1.165, 1.54) is 0 Å². The fraction of sp³-hybridized carbons (Fsp3) is 0.750. The molecule has 20 heavy (non-hydrogen) atoms. The zero-order valence-electron chi connectivity index (χ0n) is 10.3. The van der Waals surface area contributed by atoms with Crippen LogP contribution in [0.2, 0.25) is 0 Å². The highest BCUT2D eigenvalue weighted by atomic mass is 32.2. The number of ketones is 2. The first-order chi connectivity index (χ1) is 8.95. The van der Waals surface area contributed by atoms with Gasteiger partial charge in [0.1, 0.15) is 0 Å². The largest absolute Gasteiger partial charge is 0.329 e. The van der Waals surface area contributed by atoms with Gasteiger partial charge in [0.25, 0.3) is 20.2 Å². The van der Waals surface area contributed by atoms with Crippen LogP contribution in [-0.2, 0) is 29.8 Å². The lowest BCUT2D eigenvalue weighted by atomic mass is 10.1. The van der Waals surface area contributed by atoms with E-state index in [2.05, 4.69) is 0 Å². The van der Waals surface area contributed by atoms with Gasteiger partial charge in [0, 0.05) is 25.9 Å². The predicted molar refractivity (Wildman–Crippen MR) is 68.0 cm³/mol. The monoisotopic (exact) mass is 332 g/mol. The second kappa shape index (κ2) is 7.19. The van der Waals surface area contributed by atoms with Crippen LogP contribution in [0, 0.1) is 0 Å². The smallest absolute Gasteiger partial charge is 0.276 e. The van der Waals surface area contributed by atoms with E-state index in [9.17, 15) is 26.4 Å². The molecule has 0 amide bonds. The van der Waals surface area contributed by atoms with E-state index in [1.807, 2.05) is 0 Å². The van der Waals surface area contributed by atoms with Crippen molar-refractivity contribution in [1.82, 2.24) is 0 Å². The van der Waals surface area contributed by atoms with Gasteiger partial charge >= 0.3 is 0 Å². The zero-order chi connectivity index (χ0) is 16.1. The maximum atomic E-state index is 11.5. The van der Waals surface area contributed by atoms with Crippen LogP contribution in [0.15, 0.2) is 0 Å². The van der Waals surface area contributed by atoms with Crippen molar-refractivity contribution >= 4 is 31.8 Å². The van der Waals surface area contributed by atoms with Crippen LogP contribution < -0.4 is 11.5 Å². The molecule has 2 atom stereocenters. The molecule has 0 aliphatic rings. The van der Waals surface area contributed by atoms with E-state index in [4.69, 9.17) is 20.6 Å². The molecular weight excluding hydrogens is 316 g/mol. The highest BCUT2D eigenvalue weighted by molar-refractivity contribution is 7.87. The Morgan fingerprint density at radius 2 is 1.05 bits per heavy atom. The van der Waals surface area contributed by atoms with Gasteiger partial charge in [-0.25, -0.2) is 0 Å². The summed E-state index contributed by atoms with van der Waals surface area (Å²) in [5, 5.41) is -3.75. The lowest BCUT2D eigenvalue weighted by Crippen LogP contribution is -2.39. The van der Waals surface area contributed by atoms with E-state index in [0.29, 0.717) is 0 Å². The third kappa shape index (κ3) is 5.60. The average Bonchev–Trinajstić information content (AvgIpc) is 2.24. The molecule has 0 aliphatic heterocycles. The number of hydrogen-bond acceptors (Lipinski definition) is 8. The lowest BCUT2D eigenvalue weighted by Gasteiger charge is -2.12. The van der Waals surface area contributed by atoms with Gasteiger partial charge in [-0.05, 0) is 0 Å². The summed E-state index contributed by atoms with van der Waals surface area (Å²) in [5.74, 6) is -2.07. The van der Waals surface area contributed by atoms with Crippen LogP contribution in [0.25, 0.3) is 0 Å². The van der Waals surface area contributed by atoms with E-state index < -0.39 is 68.2 Å². The predicted octanol–water partition coefficient (Wildman–Crippen LogP) is -2.66. The van der Waals surface area contributed by atoms with Crippen molar-refractivity contribution in [2.45, 2.75) is 23.3 Å². The quantitative estimate of drug-likeness (QED) is 0.323. The molecule has 0 heterocycles. The molecule has 12 heteroatoms. The maximum absolute atomic E-state index is 11.5. The number of carbonyl (C=O) groups excluding carboxylic acids is 2. The van der Waals surface area contributed by atoms with Gasteiger partial charge < -0.3 is 11.5 Å². The van der Waals surface area contributed by atoms with Crippen LogP contribution in [0.4, 0.5) is 0 Å². The Morgan fingerprint density at radius 1 is 0.800 bits per heavy atom. The summed E-state index contributed by atoms with van der Waals surface area (Å²) in [5.41, 5.74) is 10.0. The van der Waals surface area contributed by atoms with Crippen molar-refractivity contribution in [3.8, 4) is 0 Å². The zero-order valence-corrected chi connectivity index (χ0v) is 11.9. The van der Waals surface area contributed by atoms with Crippen molar-refractivity contribution in [3.05, 3.63) is 0 Å². The lowest BCUT2D eigenvalue weighted by molar-refractivity contribution is -0.123. The molecule has 0 bridgehead atoms. The van der Waals surface area contributed by atoms with Gasteiger partial charge in [0.15, 0.2) is 22.1 Å². The first-order valence-corrected chi connectivity index (χ1v) is 8.34. The number of nitrogens with two attached hydrogens (primary N) is 2. The van der Waals surface area contributed by atoms with Gasteiger partial charge in [-0.3, -0.25) is 18.7 Å². The minimum Gasteiger partial charge on any atom is -0.329 e. The molecule has 118 valence electrons. The molecule has 0 aromatic heterocycles. The first-order valence-electron chi connectivity index (χ1n) is 5.33. The summed E-state index contributed by atoms with van der Waals surface area (Å²) >= 11 is 0. The van der Waals surface area contributed by atoms with E-state index in [-0.39, 0.29) is 0 Å². The Morgan fingerprint density at radius 3 is 1.20 bits per heavy atom. The Labute approximate surface area is 116 Å². The molecule has 0 saturated heterocycles. The van der Waals surface area contributed by atoms with Crippen LogP contribution >= 0.6 is 0 Å². The maximum Gasteiger partial charge on any atom is 0.276 e. The number of hydrogen-bond donors (Lipinski definition) is 4. The summed E-state index contributed by atoms with van der Waals surface area (Å²) in [7, 11) is -9.39. The molecule has 0 aliphatic carbocycles. The molecule has 10 nitrogen and oxygen atoms in total. The van der Waals surface area contributed by atoms with Gasteiger partial charge in [-0.15, -0.1) is 0 Å². The molecule has 0 aromatic carbocycles. The molecule has 0 rings (SSSR count). The normalized spacial score (nSPS) is 15.6. The van der Waals surface area contributed by atoms with E-state index in [1.54, 1.807) is 0 Å². The number of rotatable bonds is 9. The average molecular weight is 332 g/mol. The molecule has 0 spiro atoms. The van der Waals surface area contributed by atoms with Crippen LogP contribution in [0.1, 0.15) is 12.8 Å². The van der Waals surface area contributed by atoms with Crippen molar-refractivity contribution < 1.29 is 35.5 Å². The molecule has 0 radical (unpaired) electrons. The Kier molecular flexibility index (Phi) is 6.86. The van der Waals surface area contributed by atoms with Crippen molar-refractivity contribution in [2.75, 3.05) is 13.1 Å². The van der Waals surface area contributed by atoms with Crippen LogP contribution in [0.3, 0.4) is 0 Å². The fourth-order valence-electron chi connectivity index (χ4n) is 1.41. The van der Waals surface area contributed by atoms with Crippen molar-refractivity contribution in [2.24, 2.45) is 11.5 Å². The van der Waals surface area contributed by atoms with E-state index in [0.717, 1.165) is 0 Å². The third-order valence-electron chi connectivity index (χ3n) is 2.48. The van der Waals surface area contributed by atoms with Crippen molar-refractivity contribution in [3.63, 3.8) is 0 Å². The Bertz CT molecular complexity index is 515. The minimum absolute atomic E-state index is 0.646. The standard InChI is InChI=1S/C8H16N2O8S2/c9-3-7(19(13,14)15)5(11)1-2-6(12)8(4-10)20(16,17)18/h7-8H,1-4,9-10H2,(H,13,14,15)(H,16,17,18). The summed E-state index contributed by atoms with van der Waals surface area (Å²) in [6.45, 7) is -1.35. The first kappa shape index (κ1) is 19.1. The molecule has 0 fully saturated rings. The highest BCUT2D eigenvalue weighted by Gasteiger charge is 2.32. The van der Waals surface area contributed by atoms with Gasteiger partial charge in [0.05, 0.1) is 0 Å². The van der Waals surface area contributed by atoms with Crippen LogP contribution in [0.5, 0.6) is 0 Å². The molecular formula is C8H16N2O8S2. The summed E-state index contributed by atoms with van der Waals surface area (Å²) in [6, 6.07) is 0. The summed E-state index contributed by atoms with van der Waals surface area (Å²) < 4.78 is 60.7. The second-order valence-corrected chi connectivity index (χ2v) is 7.11. The molecule has 0 aromatic rings. The topological polar surface area (TPSA) is 195 Å². The third-order valence-corrected chi connectivity index (χ3v) is 4.83. The molecule has 6 N–H and O–H groups in total. The van der Waals surface area contributed by atoms with Gasteiger partial charge in [-0.2, -0.15) is 16.8 Å². The SMILES string of the molecule is NCC(C(=O)CCC(=O)C(CN)S(=O)(=O)O)S(=O)(=O)O. The Balaban J connectivity index is 4.79. The molecule has 0 saturated carbocycles. The second-order valence-electron chi connectivity index (χ2n) is 3.91. The minimum atomic E-state index is -4.69. The molecule has 2 unspecified atom stereocenters. The fourth-order valence-corrected chi connectivity index (χ4v) is 2.79.